The standard InChI is InChI=1S/C17H18N2O3/c20-16(12-5-7-13(8-6-12)17(21)22)19-15-10-9-11-3-1-2-4-14(11)18-15/h1-4,9-10,12-13H,5-8H2,(H,21,22)(H,18,19,20). The number of aliphatic carboxylic acids is 1. The van der Waals surface area contributed by atoms with Crippen LogP contribution in [0.2, 0.25) is 0 Å². The third-order valence-electron chi connectivity index (χ3n) is 4.30. The lowest BCUT2D eigenvalue weighted by molar-refractivity contribution is -0.143. The van der Waals surface area contributed by atoms with Crippen molar-refractivity contribution in [3.05, 3.63) is 36.4 Å². The zero-order chi connectivity index (χ0) is 15.5. The Morgan fingerprint density at radius 1 is 1.00 bits per heavy atom. The molecule has 0 saturated heterocycles. The Balaban J connectivity index is 1.65. The predicted octanol–water partition coefficient (Wildman–Crippen LogP) is 3.06. The Morgan fingerprint density at radius 3 is 2.41 bits per heavy atom. The fourth-order valence-corrected chi connectivity index (χ4v) is 2.97. The highest BCUT2D eigenvalue weighted by Gasteiger charge is 2.29. The maximum atomic E-state index is 12.3. The Labute approximate surface area is 128 Å². The number of pyridine rings is 1. The zero-order valence-corrected chi connectivity index (χ0v) is 12.2. The number of nitrogens with one attached hydrogen (secondary N) is 1. The summed E-state index contributed by atoms with van der Waals surface area (Å²) in [4.78, 5) is 27.6. The van der Waals surface area contributed by atoms with Crippen LogP contribution in [0.4, 0.5) is 5.82 Å². The molecule has 5 nitrogen and oxygen atoms in total. The van der Waals surface area contributed by atoms with Gasteiger partial charge in [0.25, 0.3) is 0 Å². The van der Waals surface area contributed by atoms with E-state index in [0.717, 1.165) is 10.9 Å². The van der Waals surface area contributed by atoms with Crippen LogP contribution in [0, 0.1) is 11.8 Å². The van der Waals surface area contributed by atoms with E-state index in [1.807, 2.05) is 30.3 Å². The van der Waals surface area contributed by atoms with Crippen molar-refractivity contribution >= 4 is 28.6 Å². The number of hydrogen-bond donors (Lipinski definition) is 2. The molecule has 1 amide bonds. The van der Waals surface area contributed by atoms with Gasteiger partial charge in [0.05, 0.1) is 11.4 Å². The van der Waals surface area contributed by atoms with Gasteiger partial charge in [-0.05, 0) is 43.9 Å². The summed E-state index contributed by atoms with van der Waals surface area (Å²) >= 11 is 0. The Morgan fingerprint density at radius 2 is 1.68 bits per heavy atom. The molecule has 1 aromatic carbocycles. The Kier molecular flexibility index (Phi) is 4.04. The second-order valence-electron chi connectivity index (χ2n) is 5.77. The first-order valence-corrected chi connectivity index (χ1v) is 7.53. The van der Waals surface area contributed by atoms with Crippen molar-refractivity contribution in [2.45, 2.75) is 25.7 Å². The van der Waals surface area contributed by atoms with Crippen LogP contribution in [0.3, 0.4) is 0 Å². The van der Waals surface area contributed by atoms with Crippen molar-refractivity contribution in [2.24, 2.45) is 11.8 Å². The molecular formula is C17H18N2O3. The highest BCUT2D eigenvalue weighted by Crippen LogP contribution is 2.29. The molecule has 0 radical (unpaired) electrons. The summed E-state index contributed by atoms with van der Waals surface area (Å²) in [5.74, 6) is -0.697. The fraction of sp³-hybridized carbons (Fsp3) is 0.353. The highest BCUT2D eigenvalue weighted by atomic mass is 16.4. The quantitative estimate of drug-likeness (QED) is 0.912. The minimum atomic E-state index is -0.755. The number of carbonyl (C=O) groups excluding carboxylic acids is 1. The monoisotopic (exact) mass is 298 g/mol. The van der Waals surface area contributed by atoms with E-state index >= 15 is 0 Å². The van der Waals surface area contributed by atoms with Crippen molar-refractivity contribution in [1.29, 1.82) is 0 Å². The third kappa shape index (κ3) is 3.08. The summed E-state index contributed by atoms with van der Waals surface area (Å²) in [7, 11) is 0. The largest absolute Gasteiger partial charge is 0.481 e. The number of para-hydroxylation sites is 1. The first-order chi connectivity index (χ1) is 10.6. The van der Waals surface area contributed by atoms with Crippen LogP contribution in [0.25, 0.3) is 10.9 Å². The van der Waals surface area contributed by atoms with Gasteiger partial charge < -0.3 is 10.4 Å². The molecule has 114 valence electrons. The van der Waals surface area contributed by atoms with E-state index in [1.165, 1.54) is 0 Å². The molecule has 1 fully saturated rings. The summed E-state index contributed by atoms with van der Waals surface area (Å²) in [6, 6.07) is 11.5. The molecule has 1 aromatic heterocycles. The van der Waals surface area contributed by atoms with Gasteiger partial charge in [-0.2, -0.15) is 0 Å². The second kappa shape index (κ2) is 6.13. The zero-order valence-electron chi connectivity index (χ0n) is 12.2. The average molecular weight is 298 g/mol. The number of benzene rings is 1. The molecule has 0 bridgehead atoms. The average Bonchev–Trinajstić information content (AvgIpc) is 2.55. The minimum Gasteiger partial charge on any atom is -0.481 e. The maximum Gasteiger partial charge on any atom is 0.306 e. The van der Waals surface area contributed by atoms with Gasteiger partial charge in [0.2, 0.25) is 5.91 Å². The number of carbonyl (C=O) groups is 2. The van der Waals surface area contributed by atoms with Gasteiger partial charge >= 0.3 is 5.97 Å². The van der Waals surface area contributed by atoms with Crippen LogP contribution in [0.5, 0.6) is 0 Å². The number of nitrogens with zero attached hydrogens (tertiary/aromatic N) is 1. The molecule has 0 atom stereocenters. The number of hydrogen-bond acceptors (Lipinski definition) is 3. The van der Waals surface area contributed by atoms with E-state index in [4.69, 9.17) is 5.11 Å². The smallest absolute Gasteiger partial charge is 0.306 e. The SMILES string of the molecule is O=C(O)C1CCC(C(=O)Nc2ccc3ccccc3n2)CC1. The maximum absolute atomic E-state index is 12.3. The number of carboxylic acids is 1. The molecule has 1 aliphatic rings. The molecule has 0 spiro atoms. The van der Waals surface area contributed by atoms with Gasteiger partial charge in [0.1, 0.15) is 5.82 Å². The van der Waals surface area contributed by atoms with Crippen LogP contribution in [0.1, 0.15) is 25.7 Å². The number of amides is 1. The van der Waals surface area contributed by atoms with Crippen LogP contribution in [0.15, 0.2) is 36.4 Å². The fourth-order valence-electron chi connectivity index (χ4n) is 2.97. The summed E-state index contributed by atoms with van der Waals surface area (Å²) < 4.78 is 0. The van der Waals surface area contributed by atoms with Crippen molar-refractivity contribution in [3.63, 3.8) is 0 Å². The topological polar surface area (TPSA) is 79.3 Å². The van der Waals surface area contributed by atoms with E-state index in [1.54, 1.807) is 6.07 Å². The second-order valence-corrected chi connectivity index (χ2v) is 5.77. The van der Waals surface area contributed by atoms with Crippen LogP contribution in [-0.4, -0.2) is 22.0 Å². The molecule has 5 heteroatoms. The summed E-state index contributed by atoms with van der Waals surface area (Å²) in [6.07, 6.45) is 2.38. The molecule has 1 aliphatic carbocycles. The molecule has 2 aromatic rings. The highest BCUT2D eigenvalue weighted by molar-refractivity contribution is 5.93. The molecule has 1 saturated carbocycles. The molecule has 1 heterocycles. The number of anilines is 1. The molecule has 3 rings (SSSR count). The molecular weight excluding hydrogens is 280 g/mol. The number of aromatic nitrogens is 1. The van der Waals surface area contributed by atoms with E-state index in [9.17, 15) is 9.59 Å². The van der Waals surface area contributed by atoms with Gasteiger partial charge in [-0.1, -0.05) is 18.2 Å². The number of carboxylic acid groups (broad SMARTS) is 1. The Hall–Kier alpha value is -2.43. The van der Waals surface area contributed by atoms with Gasteiger partial charge in [0.15, 0.2) is 0 Å². The lowest BCUT2D eigenvalue weighted by Gasteiger charge is -2.25. The third-order valence-corrected chi connectivity index (χ3v) is 4.30. The lowest BCUT2D eigenvalue weighted by atomic mass is 9.81. The van der Waals surface area contributed by atoms with E-state index in [2.05, 4.69) is 10.3 Å². The summed E-state index contributed by atoms with van der Waals surface area (Å²) in [6.45, 7) is 0. The summed E-state index contributed by atoms with van der Waals surface area (Å²) in [5.41, 5.74) is 0.842. The van der Waals surface area contributed by atoms with Gasteiger partial charge in [-0.15, -0.1) is 0 Å². The van der Waals surface area contributed by atoms with Crippen molar-refractivity contribution in [3.8, 4) is 0 Å². The molecule has 0 aliphatic heterocycles. The number of rotatable bonds is 3. The van der Waals surface area contributed by atoms with Crippen LogP contribution in [-0.2, 0) is 9.59 Å². The van der Waals surface area contributed by atoms with E-state index in [-0.39, 0.29) is 17.7 Å². The molecule has 2 N–H and O–H groups in total. The van der Waals surface area contributed by atoms with Crippen molar-refractivity contribution in [1.82, 2.24) is 4.98 Å². The van der Waals surface area contributed by atoms with Crippen molar-refractivity contribution in [2.75, 3.05) is 5.32 Å². The first kappa shape index (κ1) is 14.5. The van der Waals surface area contributed by atoms with Gasteiger partial charge in [-0.25, -0.2) is 4.98 Å². The lowest BCUT2D eigenvalue weighted by Crippen LogP contribution is -2.29. The number of fused-ring (bicyclic) bond motifs is 1. The predicted molar refractivity (Wildman–Crippen MR) is 83.5 cm³/mol. The van der Waals surface area contributed by atoms with Crippen LogP contribution >= 0.6 is 0 Å². The summed E-state index contributed by atoms with van der Waals surface area (Å²) in [5, 5.41) is 12.9. The molecule has 0 unspecified atom stereocenters. The van der Waals surface area contributed by atoms with Crippen molar-refractivity contribution < 1.29 is 14.7 Å². The Bertz CT molecular complexity index is 706. The van der Waals surface area contributed by atoms with Gasteiger partial charge in [-0.3, -0.25) is 9.59 Å². The van der Waals surface area contributed by atoms with E-state index in [0.29, 0.717) is 31.5 Å². The van der Waals surface area contributed by atoms with Gasteiger partial charge in [0, 0.05) is 11.3 Å². The normalized spacial score (nSPS) is 21.5. The molecule has 22 heavy (non-hydrogen) atoms. The first-order valence-electron chi connectivity index (χ1n) is 7.53. The van der Waals surface area contributed by atoms with E-state index < -0.39 is 5.97 Å². The van der Waals surface area contributed by atoms with Crippen LogP contribution < -0.4 is 5.32 Å². The minimum absolute atomic E-state index is 0.0633.